The lowest BCUT2D eigenvalue weighted by molar-refractivity contribution is 0.0670. The third-order valence-electron chi connectivity index (χ3n) is 4.12. The molecule has 0 aliphatic heterocycles. The zero-order valence-corrected chi connectivity index (χ0v) is 14.5. The van der Waals surface area contributed by atoms with Crippen LogP contribution in [-0.2, 0) is 13.1 Å². The Balaban J connectivity index is 2.26. The summed E-state index contributed by atoms with van der Waals surface area (Å²) in [7, 11) is 0. The highest BCUT2D eigenvalue weighted by atomic mass is 16.2. The molecule has 0 N–H and O–H groups in total. The van der Waals surface area contributed by atoms with E-state index in [1.54, 1.807) is 12.4 Å². The topological polar surface area (TPSA) is 51.0 Å². The van der Waals surface area contributed by atoms with E-state index in [0.717, 1.165) is 30.6 Å². The minimum absolute atomic E-state index is 0.0519. The summed E-state index contributed by atoms with van der Waals surface area (Å²) in [6, 6.07) is 4.08. The number of rotatable bonds is 7. The Morgan fingerprint density at radius 3 is 2.61 bits per heavy atom. The van der Waals surface area contributed by atoms with Gasteiger partial charge in [-0.3, -0.25) is 14.5 Å². The molecule has 0 bridgehead atoms. The summed E-state index contributed by atoms with van der Waals surface area (Å²) in [6.07, 6.45) is 7.32. The summed E-state index contributed by atoms with van der Waals surface area (Å²) in [5, 5.41) is 4.46. The molecule has 0 aliphatic rings. The van der Waals surface area contributed by atoms with E-state index in [4.69, 9.17) is 0 Å². The predicted molar refractivity (Wildman–Crippen MR) is 91.1 cm³/mol. The molecule has 2 aromatic heterocycles. The zero-order valence-electron chi connectivity index (χ0n) is 14.5. The lowest BCUT2D eigenvalue weighted by Gasteiger charge is -2.28. The van der Waals surface area contributed by atoms with Crippen LogP contribution in [0.5, 0.6) is 0 Å². The average Bonchev–Trinajstić information content (AvgIpc) is 2.93. The van der Waals surface area contributed by atoms with Crippen molar-refractivity contribution < 1.29 is 4.79 Å². The third-order valence-corrected chi connectivity index (χ3v) is 4.12. The van der Waals surface area contributed by atoms with E-state index in [-0.39, 0.29) is 11.9 Å². The second-order valence-electron chi connectivity index (χ2n) is 5.94. The summed E-state index contributed by atoms with van der Waals surface area (Å²) in [4.78, 5) is 19.0. The Morgan fingerprint density at radius 2 is 2.00 bits per heavy atom. The van der Waals surface area contributed by atoms with Crippen LogP contribution in [0.25, 0.3) is 0 Å². The Labute approximate surface area is 138 Å². The minimum atomic E-state index is 0.0519. The summed E-state index contributed by atoms with van der Waals surface area (Å²) in [5.74, 6) is 0.0519. The van der Waals surface area contributed by atoms with Crippen molar-refractivity contribution in [3.8, 4) is 0 Å². The van der Waals surface area contributed by atoms with Crippen LogP contribution in [0.1, 0.15) is 55.2 Å². The fraction of sp³-hybridized carbons (Fsp3) is 0.500. The van der Waals surface area contributed by atoms with Crippen molar-refractivity contribution in [1.29, 1.82) is 0 Å². The van der Waals surface area contributed by atoms with Crippen molar-refractivity contribution in [3.63, 3.8) is 0 Å². The van der Waals surface area contributed by atoms with Gasteiger partial charge in [0.2, 0.25) is 0 Å². The van der Waals surface area contributed by atoms with Gasteiger partial charge in [0, 0.05) is 37.7 Å². The number of carbonyl (C=O) groups is 1. The highest BCUT2D eigenvalue weighted by Crippen LogP contribution is 2.17. The Morgan fingerprint density at radius 1 is 1.30 bits per heavy atom. The fourth-order valence-electron chi connectivity index (χ4n) is 2.56. The molecule has 5 heteroatoms. The molecule has 0 aromatic carbocycles. The highest BCUT2D eigenvalue weighted by Gasteiger charge is 2.24. The normalized spacial score (nSPS) is 12.2. The van der Waals surface area contributed by atoms with E-state index in [1.165, 1.54) is 0 Å². The number of amides is 1. The molecule has 124 valence electrons. The van der Waals surface area contributed by atoms with Gasteiger partial charge in [-0.15, -0.1) is 0 Å². The number of aromatic nitrogens is 3. The van der Waals surface area contributed by atoms with Gasteiger partial charge in [0.25, 0.3) is 5.91 Å². The van der Waals surface area contributed by atoms with E-state index < -0.39 is 0 Å². The van der Waals surface area contributed by atoms with Crippen molar-refractivity contribution in [2.45, 2.75) is 59.7 Å². The first-order chi connectivity index (χ1) is 11.1. The van der Waals surface area contributed by atoms with E-state index >= 15 is 0 Å². The number of aryl methyl sites for hydroxylation is 2. The number of carbonyl (C=O) groups excluding carboxylic acids is 1. The van der Waals surface area contributed by atoms with Crippen LogP contribution < -0.4 is 0 Å². The maximum atomic E-state index is 13.0. The lowest BCUT2D eigenvalue weighted by Crippen LogP contribution is -2.38. The van der Waals surface area contributed by atoms with Crippen molar-refractivity contribution in [2.24, 2.45) is 0 Å². The van der Waals surface area contributed by atoms with E-state index in [0.29, 0.717) is 12.1 Å². The van der Waals surface area contributed by atoms with Gasteiger partial charge in [-0.25, -0.2) is 0 Å². The molecule has 0 radical (unpaired) electrons. The Kier molecular flexibility index (Phi) is 5.90. The summed E-state index contributed by atoms with van der Waals surface area (Å²) in [6.45, 7) is 9.63. The van der Waals surface area contributed by atoms with E-state index in [1.807, 2.05) is 34.8 Å². The molecular formula is C18H26N4O. The van der Waals surface area contributed by atoms with Crippen LogP contribution in [-0.4, -0.2) is 31.6 Å². The first kappa shape index (κ1) is 17.2. The minimum Gasteiger partial charge on any atom is -0.332 e. The predicted octanol–water partition coefficient (Wildman–Crippen LogP) is 3.44. The van der Waals surface area contributed by atoms with Crippen molar-refractivity contribution >= 4 is 5.91 Å². The van der Waals surface area contributed by atoms with Crippen molar-refractivity contribution in [3.05, 3.63) is 47.5 Å². The van der Waals surface area contributed by atoms with Gasteiger partial charge in [0.15, 0.2) is 0 Å². The Hall–Kier alpha value is -2.17. The highest BCUT2D eigenvalue weighted by molar-refractivity contribution is 5.95. The van der Waals surface area contributed by atoms with Crippen LogP contribution in [0.3, 0.4) is 0 Å². The SMILES string of the molecule is CCCn1cc(C(=O)N(Cc2ccncc2)C(C)CC)c(C)n1. The molecule has 0 aliphatic carbocycles. The van der Waals surface area contributed by atoms with Crippen LogP contribution in [0.4, 0.5) is 0 Å². The molecule has 1 atom stereocenters. The first-order valence-electron chi connectivity index (χ1n) is 8.30. The standard InChI is InChI=1S/C18H26N4O/c1-5-11-21-13-17(15(4)20-21)18(23)22(14(3)6-2)12-16-7-9-19-10-8-16/h7-10,13-14H,5-6,11-12H2,1-4H3. The van der Waals surface area contributed by atoms with Gasteiger partial charge in [-0.05, 0) is 44.4 Å². The van der Waals surface area contributed by atoms with Gasteiger partial charge in [0.1, 0.15) is 0 Å². The first-order valence-corrected chi connectivity index (χ1v) is 8.30. The third kappa shape index (κ3) is 4.18. The molecule has 0 saturated carbocycles. The lowest BCUT2D eigenvalue weighted by atomic mass is 10.1. The quantitative estimate of drug-likeness (QED) is 0.786. The largest absolute Gasteiger partial charge is 0.332 e. The van der Waals surface area contributed by atoms with Gasteiger partial charge in [0.05, 0.1) is 11.3 Å². The average molecular weight is 314 g/mol. The maximum Gasteiger partial charge on any atom is 0.257 e. The summed E-state index contributed by atoms with van der Waals surface area (Å²) >= 11 is 0. The summed E-state index contributed by atoms with van der Waals surface area (Å²) in [5.41, 5.74) is 2.59. The van der Waals surface area contributed by atoms with Gasteiger partial charge < -0.3 is 4.90 Å². The second-order valence-corrected chi connectivity index (χ2v) is 5.94. The van der Waals surface area contributed by atoms with Crippen LogP contribution in [0.15, 0.2) is 30.7 Å². The number of nitrogens with zero attached hydrogens (tertiary/aromatic N) is 4. The Bertz CT molecular complexity index is 636. The molecule has 1 amide bonds. The molecule has 0 spiro atoms. The van der Waals surface area contributed by atoms with Gasteiger partial charge >= 0.3 is 0 Å². The van der Waals surface area contributed by atoms with Crippen LogP contribution in [0.2, 0.25) is 0 Å². The molecule has 0 saturated heterocycles. The van der Waals surface area contributed by atoms with Crippen molar-refractivity contribution in [1.82, 2.24) is 19.7 Å². The number of pyridine rings is 1. The number of hydrogen-bond acceptors (Lipinski definition) is 3. The molecule has 0 fully saturated rings. The second kappa shape index (κ2) is 7.90. The van der Waals surface area contributed by atoms with Crippen LogP contribution >= 0.6 is 0 Å². The molecule has 2 rings (SSSR count). The molecule has 1 unspecified atom stereocenters. The maximum absolute atomic E-state index is 13.0. The van der Waals surface area contributed by atoms with Gasteiger partial charge in [-0.2, -0.15) is 5.10 Å². The summed E-state index contributed by atoms with van der Waals surface area (Å²) < 4.78 is 1.86. The number of hydrogen-bond donors (Lipinski definition) is 0. The zero-order chi connectivity index (χ0) is 16.8. The van der Waals surface area contributed by atoms with Gasteiger partial charge in [-0.1, -0.05) is 13.8 Å². The molecule has 2 aromatic rings. The monoisotopic (exact) mass is 314 g/mol. The fourth-order valence-corrected chi connectivity index (χ4v) is 2.56. The van der Waals surface area contributed by atoms with Crippen molar-refractivity contribution in [2.75, 3.05) is 0 Å². The molecule has 5 nitrogen and oxygen atoms in total. The smallest absolute Gasteiger partial charge is 0.257 e. The van der Waals surface area contributed by atoms with E-state index in [2.05, 4.69) is 30.9 Å². The molecule has 2 heterocycles. The van der Waals surface area contributed by atoms with E-state index in [9.17, 15) is 4.79 Å². The van der Waals surface area contributed by atoms with Crippen LogP contribution in [0, 0.1) is 6.92 Å². The molecular weight excluding hydrogens is 288 g/mol. The molecule has 23 heavy (non-hydrogen) atoms.